The van der Waals surface area contributed by atoms with Crippen LogP contribution >= 0.6 is 0 Å². The van der Waals surface area contributed by atoms with E-state index in [1.807, 2.05) is 0 Å². The number of amides is 1. The van der Waals surface area contributed by atoms with Crippen molar-refractivity contribution < 1.29 is 13.2 Å². The summed E-state index contributed by atoms with van der Waals surface area (Å²) < 4.78 is 29.6. The Morgan fingerprint density at radius 3 is 2.71 bits per heavy atom. The number of rotatable bonds is 8. The normalized spacial score (nSPS) is 17.7. The summed E-state index contributed by atoms with van der Waals surface area (Å²) >= 11 is 0. The minimum atomic E-state index is -3.64. The van der Waals surface area contributed by atoms with Crippen LogP contribution in [0.1, 0.15) is 54.7 Å². The number of hydrogen-bond acceptors (Lipinski definition) is 6. The van der Waals surface area contributed by atoms with E-state index in [1.165, 1.54) is 25.0 Å². The average Bonchev–Trinajstić information content (AvgIpc) is 3.15. The van der Waals surface area contributed by atoms with Crippen LogP contribution in [0, 0.1) is 5.92 Å². The first kappa shape index (κ1) is 19.0. The van der Waals surface area contributed by atoms with Gasteiger partial charge in [0.1, 0.15) is 0 Å². The molecule has 0 spiro atoms. The maximum absolute atomic E-state index is 12.6. The summed E-state index contributed by atoms with van der Waals surface area (Å²) in [6.45, 7) is 0.953. The first-order valence-electron chi connectivity index (χ1n) is 9.67. The van der Waals surface area contributed by atoms with Crippen molar-refractivity contribution in [3.8, 4) is 0 Å². The molecule has 1 aromatic heterocycles. The number of hydrogen-bond donors (Lipinski definition) is 2. The summed E-state index contributed by atoms with van der Waals surface area (Å²) in [5.41, 5.74) is 0.288. The van der Waals surface area contributed by atoms with Crippen LogP contribution in [0.25, 0.3) is 0 Å². The van der Waals surface area contributed by atoms with Gasteiger partial charge in [0, 0.05) is 18.2 Å². The fourth-order valence-electron chi connectivity index (χ4n) is 3.43. The third-order valence-electron chi connectivity index (χ3n) is 5.22. The van der Waals surface area contributed by atoms with Crippen LogP contribution in [0.5, 0.6) is 0 Å². The smallest absolute Gasteiger partial charge is 0.251 e. The molecule has 0 saturated heterocycles. The molecule has 1 heterocycles. The van der Waals surface area contributed by atoms with Gasteiger partial charge in [0.05, 0.1) is 11.4 Å². The molecule has 1 amide bonds. The highest BCUT2D eigenvalue weighted by Gasteiger charge is 2.25. The highest BCUT2D eigenvalue weighted by Crippen LogP contribution is 2.30. The van der Waals surface area contributed by atoms with E-state index in [0.29, 0.717) is 11.7 Å². The van der Waals surface area contributed by atoms with E-state index in [4.69, 9.17) is 0 Å². The van der Waals surface area contributed by atoms with Crippen molar-refractivity contribution in [2.45, 2.75) is 62.6 Å². The number of benzene rings is 1. The lowest BCUT2D eigenvalue weighted by Gasteiger charge is -2.13. The topological polar surface area (TPSA) is 119 Å². The Balaban J connectivity index is 1.40. The highest BCUT2D eigenvalue weighted by molar-refractivity contribution is 7.89. The second-order valence-electron chi connectivity index (χ2n) is 7.53. The molecule has 2 aromatic rings. The van der Waals surface area contributed by atoms with Crippen LogP contribution in [-0.2, 0) is 23.1 Å². The second kappa shape index (κ2) is 7.96. The van der Waals surface area contributed by atoms with Crippen molar-refractivity contribution >= 4 is 15.9 Å². The third kappa shape index (κ3) is 4.56. The van der Waals surface area contributed by atoms with Crippen molar-refractivity contribution in [1.82, 2.24) is 30.2 Å². The van der Waals surface area contributed by atoms with E-state index in [1.54, 1.807) is 16.8 Å². The molecule has 10 heteroatoms. The number of carbonyl (C=O) groups excluding carboxylic acids is 1. The van der Waals surface area contributed by atoms with Gasteiger partial charge in [-0.15, -0.1) is 5.10 Å². The van der Waals surface area contributed by atoms with Crippen molar-refractivity contribution in [2.75, 3.05) is 0 Å². The summed E-state index contributed by atoms with van der Waals surface area (Å²) in [6, 6.07) is 6.06. The van der Waals surface area contributed by atoms with Gasteiger partial charge < -0.3 is 5.32 Å². The molecule has 2 aliphatic carbocycles. The van der Waals surface area contributed by atoms with E-state index in [-0.39, 0.29) is 29.0 Å². The summed E-state index contributed by atoms with van der Waals surface area (Å²) in [4.78, 5) is 12.6. The Hall–Kier alpha value is -2.33. The lowest BCUT2D eigenvalue weighted by Crippen LogP contribution is -2.33. The van der Waals surface area contributed by atoms with E-state index < -0.39 is 10.0 Å². The Morgan fingerprint density at radius 1 is 1.18 bits per heavy atom. The van der Waals surface area contributed by atoms with Gasteiger partial charge in [-0.25, -0.2) is 17.8 Å². The Morgan fingerprint density at radius 2 is 1.96 bits per heavy atom. The van der Waals surface area contributed by atoms with Gasteiger partial charge in [-0.05, 0) is 60.2 Å². The fraction of sp³-hybridized carbons (Fsp3) is 0.556. The lowest BCUT2D eigenvalue weighted by atomic mass is 10.2. The first-order valence-corrected chi connectivity index (χ1v) is 11.2. The molecule has 9 nitrogen and oxygen atoms in total. The van der Waals surface area contributed by atoms with E-state index in [2.05, 4.69) is 25.6 Å². The van der Waals surface area contributed by atoms with Crippen LogP contribution in [0.4, 0.5) is 0 Å². The first-order chi connectivity index (χ1) is 13.5. The SMILES string of the molecule is O=C(NCc1nnnn1CC1CC1)c1cccc(S(=O)(=O)NC2CCCC2)c1. The minimum Gasteiger partial charge on any atom is -0.345 e. The standard InChI is InChI=1S/C18H24N6O3S/c25-18(19-11-17-20-22-23-24(17)12-13-8-9-13)14-4-3-7-16(10-14)28(26,27)21-15-5-1-2-6-15/h3-4,7,10,13,15,21H,1-2,5-6,8-9,11-12H2,(H,19,25). The van der Waals surface area contributed by atoms with Crippen LogP contribution in [-0.4, -0.2) is 40.6 Å². The number of tetrazole rings is 1. The molecule has 150 valence electrons. The van der Waals surface area contributed by atoms with Crippen LogP contribution in [0.15, 0.2) is 29.2 Å². The van der Waals surface area contributed by atoms with E-state index in [0.717, 1.165) is 32.2 Å². The van der Waals surface area contributed by atoms with E-state index >= 15 is 0 Å². The summed E-state index contributed by atoms with van der Waals surface area (Å²) in [5, 5.41) is 14.4. The highest BCUT2D eigenvalue weighted by atomic mass is 32.2. The quantitative estimate of drug-likeness (QED) is 0.683. The van der Waals surface area contributed by atoms with Gasteiger partial charge in [-0.3, -0.25) is 4.79 Å². The largest absolute Gasteiger partial charge is 0.345 e. The molecule has 1 aromatic carbocycles. The van der Waals surface area contributed by atoms with Crippen LogP contribution in [0.2, 0.25) is 0 Å². The predicted octanol–water partition coefficient (Wildman–Crippen LogP) is 1.23. The summed E-state index contributed by atoms with van der Waals surface area (Å²) in [6.07, 6.45) is 6.15. The number of carbonyl (C=O) groups is 1. The summed E-state index contributed by atoms with van der Waals surface area (Å²) in [7, 11) is -3.64. The van der Waals surface area contributed by atoms with Crippen LogP contribution < -0.4 is 10.0 Å². The van der Waals surface area contributed by atoms with Gasteiger partial charge in [0.15, 0.2) is 5.82 Å². The number of sulfonamides is 1. The second-order valence-corrected chi connectivity index (χ2v) is 9.25. The molecular formula is C18H24N6O3S. The van der Waals surface area contributed by atoms with Crippen molar-refractivity contribution in [1.29, 1.82) is 0 Å². The van der Waals surface area contributed by atoms with Gasteiger partial charge in [-0.2, -0.15) is 0 Å². The summed E-state index contributed by atoms with van der Waals surface area (Å²) in [5.74, 6) is 0.845. The molecule has 28 heavy (non-hydrogen) atoms. The molecule has 0 aliphatic heterocycles. The zero-order chi connectivity index (χ0) is 19.6. The zero-order valence-electron chi connectivity index (χ0n) is 15.5. The molecule has 0 atom stereocenters. The van der Waals surface area contributed by atoms with Crippen molar-refractivity contribution in [2.24, 2.45) is 5.92 Å². The van der Waals surface area contributed by atoms with Gasteiger partial charge >= 0.3 is 0 Å². The Bertz CT molecular complexity index is 948. The molecule has 0 bridgehead atoms. The molecule has 2 N–H and O–H groups in total. The predicted molar refractivity (Wildman–Crippen MR) is 101 cm³/mol. The maximum atomic E-state index is 12.6. The third-order valence-corrected chi connectivity index (χ3v) is 6.74. The van der Waals surface area contributed by atoms with Crippen LogP contribution in [0.3, 0.4) is 0 Å². The Labute approximate surface area is 163 Å². The number of aromatic nitrogens is 4. The zero-order valence-corrected chi connectivity index (χ0v) is 16.4. The molecule has 2 fully saturated rings. The molecule has 2 saturated carbocycles. The molecule has 4 rings (SSSR count). The maximum Gasteiger partial charge on any atom is 0.251 e. The number of nitrogens with zero attached hydrogens (tertiary/aromatic N) is 4. The number of nitrogens with one attached hydrogen (secondary N) is 2. The molecular weight excluding hydrogens is 380 g/mol. The minimum absolute atomic E-state index is 0.0205. The molecule has 0 unspecified atom stereocenters. The molecule has 0 radical (unpaired) electrons. The van der Waals surface area contributed by atoms with Gasteiger partial charge in [0.25, 0.3) is 5.91 Å². The monoisotopic (exact) mass is 404 g/mol. The van der Waals surface area contributed by atoms with Gasteiger partial charge in [-0.1, -0.05) is 18.9 Å². The van der Waals surface area contributed by atoms with Crippen molar-refractivity contribution in [3.05, 3.63) is 35.7 Å². The van der Waals surface area contributed by atoms with E-state index in [9.17, 15) is 13.2 Å². The lowest BCUT2D eigenvalue weighted by molar-refractivity contribution is 0.0949. The van der Waals surface area contributed by atoms with Crippen molar-refractivity contribution in [3.63, 3.8) is 0 Å². The molecule has 2 aliphatic rings. The fourth-order valence-corrected chi connectivity index (χ4v) is 4.78. The van der Waals surface area contributed by atoms with Gasteiger partial charge in [0.2, 0.25) is 10.0 Å². The average molecular weight is 404 g/mol. The Kier molecular flexibility index (Phi) is 5.40.